The van der Waals surface area contributed by atoms with Crippen molar-refractivity contribution < 1.29 is 19.1 Å². The van der Waals surface area contributed by atoms with Gasteiger partial charge in [-0.15, -0.1) is 6.42 Å². The SMILES string of the molecule is C#CCN1CC(=O)N(COC(=O)CC(C)(C)C(C)C=C(C)C)C1=O. The van der Waals surface area contributed by atoms with Crippen LogP contribution in [0.3, 0.4) is 0 Å². The van der Waals surface area contributed by atoms with E-state index in [0.717, 1.165) is 4.90 Å². The summed E-state index contributed by atoms with van der Waals surface area (Å²) in [6.45, 7) is 9.65. The van der Waals surface area contributed by atoms with Gasteiger partial charge in [-0.1, -0.05) is 38.3 Å². The van der Waals surface area contributed by atoms with E-state index in [1.54, 1.807) is 0 Å². The van der Waals surface area contributed by atoms with Crippen molar-refractivity contribution >= 4 is 17.9 Å². The summed E-state index contributed by atoms with van der Waals surface area (Å²) < 4.78 is 5.13. The molecule has 0 spiro atoms. The van der Waals surface area contributed by atoms with Crippen LogP contribution in [-0.4, -0.2) is 47.5 Å². The van der Waals surface area contributed by atoms with Gasteiger partial charge in [-0.25, -0.2) is 9.69 Å². The Bertz CT molecular complexity index is 582. The number of nitrogens with zero attached hydrogens (tertiary/aromatic N) is 2. The standard InChI is InChI=1S/C18H26N2O4/c1-7-8-19-11-15(21)20(17(19)23)12-24-16(22)10-18(5,6)14(4)9-13(2)3/h1,9,14H,8,10-12H2,2-6H3. The van der Waals surface area contributed by atoms with Crippen LogP contribution in [0.15, 0.2) is 11.6 Å². The number of carbonyl (C=O) groups excluding carboxylic acids is 3. The maximum absolute atomic E-state index is 12.1. The Morgan fingerprint density at radius 2 is 2.04 bits per heavy atom. The van der Waals surface area contributed by atoms with E-state index in [4.69, 9.17) is 11.2 Å². The van der Waals surface area contributed by atoms with Crippen LogP contribution in [0.2, 0.25) is 0 Å². The zero-order valence-corrected chi connectivity index (χ0v) is 15.1. The van der Waals surface area contributed by atoms with Gasteiger partial charge in [0.05, 0.1) is 13.0 Å². The lowest BCUT2D eigenvalue weighted by molar-refractivity contribution is -0.151. The van der Waals surface area contributed by atoms with E-state index in [9.17, 15) is 14.4 Å². The number of ether oxygens (including phenoxy) is 1. The fourth-order valence-electron chi connectivity index (χ4n) is 2.40. The smallest absolute Gasteiger partial charge is 0.330 e. The molecule has 3 amide bonds. The molecular weight excluding hydrogens is 308 g/mol. The van der Waals surface area contributed by atoms with E-state index in [-0.39, 0.29) is 37.6 Å². The molecule has 1 unspecified atom stereocenters. The molecule has 0 aliphatic carbocycles. The van der Waals surface area contributed by atoms with Gasteiger partial charge in [-0.3, -0.25) is 9.59 Å². The molecule has 0 N–H and O–H groups in total. The average Bonchev–Trinajstić information content (AvgIpc) is 2.70. The predicted molar refractivity (Wildman–Crippen MR) is 90.6 cm³/mol. The molecule has 132 valence electrons. The summed E-state index contributed by atoms with van der Waals surface area (Å²) in [5.74, 6) is 1.65. The third-order valence-corrected chi connectivity index (χ3v) is 4.18. The summed E-state index contributed by atoms with van der Waals surface area (Å²) in [5.41, 5.74) is 0.897. The number of allylic oxidation sites excluding steroid dienone is 2. The summed E-state index contributed by atoms with van der Waals surface area (Å²) in [6.07, 6.45) is 7.46. The van der Waals surface area contributed by atoms with Gasteiger partial charge in [0.2, 0.25) is 0 Å². The fraction of sp³-hybridized carbons (Fsp3) is 0.611. The highest BCUT2D eigenvalue weighted by Crippen LogP contribution is 2.32. The first kappa shape index (κ1) is 19.8. The lowest BCUT2D eigenvalue weighted by Gasteiger charge is -2.29. The summed E-state index contributed by atoms with van der Waals surface area (Å²) in [5, 5.41) is 0. The summed E-state index contributed by atoms with van der Waals surface area (Å²) in [7, 11) is 0. The number of amides is 3. The van der Waals surface area contributed by atoms with Crippen LogP contribution in [0.1, 0.15) is 41.0 Å². The van der Waals surface area contributed by atoms with Gasteiger partial charge in [0.15, 0.2) is 6.73 Å². The molecule has 0 saturated carbocycles. The first-order chi connectivity index (χ1) is 11.1. The van der Waals surface area contributed by atoms with E-state index >= 15 is 0 Å². The summed E-state index contributed by atoms with van der Waals surface area (Å²) in [4.78, 5) is 38.0. The van der Waals surface area contributed by atoms with Crippen LogP contribution in [0.25, 0.3) is 0 Å². The van der Waals surface area contributed by atoms with Gasteiger partial charge in [-0.05, 0) is 25.2 Å². The molecule has 24 heavy (non-hydrogen) atoms. The number of esters is 1. The van der Waals surface area contributed by atoms with Crippen LogP contribution in [0.5, 0.6) is 0 Å². The first-order valence-electron chi connectivity index (χ1n) is 7.92. The Balaban J connectivity index is 2.58. The van der Waals surface area contributed by atoms with Crippen molar-refractivity contribution in [2.45, 2.75) is 41.0 Å². The molecule has 0 aromatic rings. The third-order valence-electron chi connectivity index (χ3n) is 4.18. The quantitative estimate of drug-likeness (QED) is 0.310. The molecule has 1 aliphatic rings. The van der Waals surface area contributed by atoms with Crippen LogP contribution in [-0.2, 0) is 14.3 Å². The Morgan fingerprint density at radius 1 is 1.42 bits per heavy atom. The van der Waals surface area contributed by atoms with Crippen molar-refractivity contribution in [3.05, 3.63) is 11.6 Å². The molecule has 0 bridgehead atoms. The zero-order valence-electron chi connectivity index (χ0n) is 15.1. The molecule has 1 rings (SSSR count). The first-order valence-corrected chi connectivity index (χ1v) is 7.92. The molecule has 1 heterocycles. The Kier molecular flexibility index (Phi) is 6.59. The van der Waals surface area contributed by atoms with Crippen LogP contribution < -0.4 is 0 Å². The monoisotopic (exact) mass is 334 g/mol. The Morgan fingerprint density at radius 3 is 2.58 bits per heavy atom. The van der Waals surface area contributed by atoms with Crippen LogP contribution in [0.4, 0.5) is 4.79 Å². The number of carbonyl (C=O) groups is 3. The minimum Gasteiger partial charge on any atom is -0.444 e. The highest BCUT2D eigenvalue weighted by Gasteiger charge is 2.36. The van der Waals surface area contributed by atoms with Gasteiger partial charge >= 0.3 is 12.0 Å². The van der Waals surface area contributed by atoms with E-state index < -0.39 is 17.9 Å². The predicted octanol–water partition coefficient (Wildman–Crippen LogP) is 2.40. The van der Waals surface area contributed by atoms with Gasteiger partial charge in [-0.2, -0.15) is 0 Å². The molecule has 1 atom stereocenters. The molecule has 1 fully saturated rings. The maximum Gasteiger partial charge on any atom is 0.330 e. The number of hydrogen-bond acceptors (Lipinski definition) is 4. The molecule has 6 nitrogen and oxygen atoms in total. The largest absolute Gasteiger partial charge is 0.444 e. The number of imide groups is 1. The molecule has 1 saturated heterocycles. The van der Waals surface area contributed by atoms with Crippen molar-refractivity contribution in [2.75, 3.05) is 19.8 Å². The van der Waals surface area contributed by atoms with Gasteiger partial charge in [0, 0.05) is 0 Å². The minimum absolute atomic E-state index is 0.0578. The van der Waals surface area contributed by atoms with E-state index in [1.165, 1.54) is 10.5 Å². The summed E-state index contributed by atoms with van der Waals surface area (Å²) >= 11 is 0. The van der Waals surface area contributed by atoms with Crippen molar-refractivity contribution in [1.82, 2.24) is 9.80 Å². The normalized spacial score (nSPS) is 16.0. The lowest BCUT2D eigenvalue weighted by Crippen LogP contribution is -2.36. The number of rotatable bonds is 7. The average molecular weight is 334 g/mol. The van der Waals surface area contributed by atoms with Crippen LogP contribution in [0, 0.1) is 23.7 Å². The minimum atomic E-state index is -0.525. The molecule has 6 heteroatoms. The zero-order chi connectivity index (χ0) is 18.5. The van der Waals surface area contributed by atoms with Crippen molar-refractivity contribution in [1.29, 1.82) is 0 Å². The van der Waals surface area contributed by atoms with E-state index in [0.29, 0.717) is 0 Å². The molecule has 0 aromatic carbocycles. The number of terminal acetylenes is 1. The second kappa shape index (κ2) is 8.00. The van der Waals surface area contributed by atoms with Crippen LogP contribution >= 0.6 is 0 Å². The number of urea groups is 1. The second-order valence-corrected chi connectivity index (χ2v) is 7.01. The van der Waals surface area contributed by atoms with E-state index in [1.807, 2.05) is 34.6 Å². The van der Waals surface area contributed by atoms with Gasteiger partial charge in [0.25, 0.3) is 5.91 Å². The second-order valence-electron chi connectivity index (χ2n) is 7.01. The van der Waals surface area contributed by atoms with Gasteiger partial charge in [0.1, 0.15) is 6.54 Å². The topological polar surface area (TPSA) is 66.9 Å². The Labute approximate surface area is 143 Å². The highest BCUT2D eigenvalue weighted by molar-refractivity contribution is 6.02. The van der Waals surface area contributed by atoms with Crippen molar-refractivity contribution in [3.8, 4) is 12.3 Å². The summed E-state index contributed by atoms with van der Waals surface area (Å²) in [6, 6.07) is -0.525. The molecule has 0 aromatic heterocycles. The maximum atomic E-state index is 12.1. The highest BCUT2D eigenvalue weighted by atomic mass is 16.5. The molecule has 0 radical (unpaired) electrons. The fourth-order valence-corrected chi connectivity index (χ4v) is 2.40. The van der Waals surface area contributed by atoms with Crippen molar-refractivity contribution in [2.24, 2.45) is 11.3 Å². The molecular formula is C18H26N2O4. The molecule has 1 aliphatic heterocycles. The van der Waals surface area contributed by atoms with E-state index in [2.05, 4.69) is 12.0 Å². The Hall–Kier alpha value is -2.29. The van der Waals surface area contributed by atoms with Gasteiger partial charge < -0.3 is 9.64 Å². The lowest BCUT2D eigenvalue weighted by atomic mass is 9.76. The number of hydrogen-bond donors (Lipinski definition) is 0. The third kappa shape index (κ3) is 5.12. The van der Waals surface area contributed by atoms with Crippen molar-refractivity contribution in [3.63, 3.8) is 0 Å².